The van der Waals surface area contributed by atoms with Gasteiger partial charge in [-0.15, -0.1) is 0 Å². The standard InChI is InChI=1S/C11H17N5O3/c12-15-11-6-7(16(18)19)5-10(14-11)13-8-3-1-2-4-9(8)17/h5-6,8-9,17H,1-4,12H2,(H2,13,14,15). The predicted octanol–water partition coefficient (Wildman–Crippen LogP) is 0.991. The molecule has 0 radical (unpaired) electrons. The number of hydrogen-bond acceptors (Lipinski definition) is 7. The summed E-state index contributed by atoms with van der Waals surface area (Å²) in [5.74, 6) is 5.79. The van der Waals surface area contributed by atoms with E-state index in [-0.39, 0.29) is 17.5 Å². The van der Waals surface area contributed by atoms with Crippen LogP contribution in [0.4, 0.5) is 17.3 Å². The van der Waals surface area contributed by atoms with Gasteiger partial charge in [0.15, 0.2) is 0 Å². The molecule has 8 heteroatoms. The van der Waals surface area contributed by atoms with E-state index < -0.39 is 11.0 Å². The Hall–Kier alpha value is -1.93. The lowest BCUT2D eigenvalue weighted by Crippen LogP contribution is -2.36. The highest BCUT2D eigenvalue weighted by Gasteiger charge is 2.24. The number of hydrazine groups is 1. The molecule has 2 unspecified atom stereocenters. The molecule has 1 aliphatic rings. The van der Waals surface area contributed by atoms with Gasteiger partial charge in [0.25, 0.3) is 5.69 Å². The minimum atomic E-state index is -0.509. The number of nitrogens with two attached hydrogens (primary N) is 1. The number of aliphatic hydroxyl groups excluding tert-OH is 1. The lowest BCUT2D eigenvalue weighted by atomic mass is 9.92. The van der Waals surface area contributed by atoms with Crippen molar-refractivity contribution in [3.8, 4) is 0 Å². The van der Waals surface area contributed by atoms with Crippen molar-refractivity contribution in [3.63, 3.8) is 0 Å². The van der Waals surface area contributed by atoms with E-state index in [4.69, 9.17) is 5.84 Å². The van der Waals surface area contributed by atoms with Gasteiger partial charge in [0.2, 0.25) is 0 Å². The van der Waals surface area contributed by atoms with E-state index in [1.807, 2.05) is 0 Å². The van der Waals surface area contributed by atoms with Gasteiger partial charge >= 0.3 is 0 Å². The number of anilines is 2. The third-order valence-electron chi connectivity index (χ3n) is 3.23. The van der Waals surface area contributed by atoms with Crippen LogP contribution in [0.5, 0.6) is 0 Å². The van der Waals surface area contributed by atoms with Crippen molar-refractivity contribution in [1.82, 2.24) is 4.98 Å². The summed E-state index contributed by atoms with van der Waals surface area (Å²) in [5.41, 5.74) is 2.19. The van der Waals surface area contributed by atoms with Gasteiger partial charge in [0, 0.05) is 0 Å². The summed E-state index contributed by atoms with van der Waals surface area (Å²) >= 11 is 0. The van der Waals surface area contributed by atoms with Gasteiger partial charge in [0.1, 0.15) is 11.6 Å². The maximum Gasteiger partial charge on any atom is 0.276 e. The molecule has 0 amide bonds. The minimum Gasteiger partial charge on any atom is -0.391 e. The summed E-state index contributed by atoms with van der Waals surface area (Å²) < 4.78 is 0. The second-order valence-corrected chi connectivity index (χ2v) is 4.60. The summed E-state index contributed by atoms with van der Waals surface area (Å²) in [6, 6.07) is 2.46. The molecule has 5 N–H and O–H groups in total. The van der Waals surface area contributed by atoms with E-state index >= 15 is 0 Å². The van der Waals surface area contributed by atoms with Gasteiger partial charge in [-0.1, -0.05) is 12.8 Å². The monoisotopic (exact) mass is 267 g/mol. The molecule has 104 valence electrons. The van der Waals surface area contributed by atoms with Gasteiger partial charge in [0.05, 0.1) is 29.2 Å². The van der Waals surface area contributed by atoms with Crippen molar-refractivity contribution in [1.29, 1.82) is 0 Å². The average molecular weight is 267 g/mol. The fourth-order valence-corrected chi connectivity index (χ4v) is 2.24. The number of pyridine rings is 1. The van der Waals surface area contributed by atoms with Crippen LogP contribution in [-0.4, -0.2) is 27.2 Å². The Kier molecular flexibility index (Phi) is 4.13. The second kappa shape index (κ2) is 5.81. The maximum atomic E-state index is 10.8. The third kappa shape index (κ3) is 3.30. The molecule has 0 bridgehead atoms. The van der Waals surface area contributed by atoms with Gasteiger partial charge in [-0.3, -0.25) is 10.1 Å². The highest BCUT2D eigenvalue weighted by molar-refractivity contribution is 5.54. The lowest BCUT2D eigenvalue weighted by molar-refractivity contribution is -0.384. The number of nitrogen functional groups attached to an aromatic ring is 1. The smallest absolute Gasteiger partial charge is 0.276 e. The highest BCUT2D eigenvalue weighted by Crippen LogP contribution is 2.25. The molecular formula is C11H17N5O3. The quantitative estimate of drug-likeness (QED) is 0.364. The van der Waals surface area contributed by atoms with Gasteiger partial charge < -0.3 is 15.8 Å². The Bertz CT molecular complexity index is 468. The number of rotatable bonds is 4. The lowest BCUT2D eigenvalue weighted by Gasteiger charge is -2.28. The number of hydrogen-bond donors (Lipinski definition) is 4. The maximum absolute atomic E-state index is 10.8. The molecule has 1 aliphatic carbocycles. The minimum absolute atomic E-state index is 0.101. The molecule has 1 aromatic rings. The second-order valence-electron chi connectivity index (χ2n) is 4.60. The fourth-order valence-electron chi connectivity index (χ4n) is 2.24. The number of aliphatic hydroxyl groups is 1. The van der Waals surface area contributed by atoms with Crippen molar-refractivity contribution in [2.24, 2.45) is 5.84 Å². The zero-order valence-corrected chi connectivity index (χ0v) is 10.4. The first-order valence-corrected chi connectivity index (χ1v) is 6.18. The molecule has 0 aliphatic heterocycles. The zero-order valence-electron chi connectivity index (χ0n) is 10.4. The van der Waals surface area contributed by atoms with Crippen LogP contribution in [0, 0.1) is 10.1 Å². The van der Waals surface area contributed by atoms with Crippen LogP contribution in [0.1, 0.15) is 25.7 Å². The molecule has 19 heavy (non-hydrogen) atoms. The summed E-state index contributed by atoms with van der Waals surface area (Å²) in [6.45, 7) is 0. The Balaban J connectivity index is 2.18. The van der Waals surface area contributed by atoms with Crippen LogP contribution >= 0.6 is 0 Å². The van der Waals surface area contributed by atoms with Crippen LogP contribution < -0.4 is 16.6 Å². The number of nitrogens with zero attached hydrogens (tertiary/aromatic N) is 2. The van der Waals surface area contributed by atoms with Gasteiger partial charge in [-0.05, 0) is 12.8 Å². The Morgan fingerprint density at radius 2 is 2.05 bits per heavy atom. The molecule has 2 atom stereocenters. The highest BCUT2D eigenvalue weighted by atomic mass is 16.6. The van der Waals surface area contributed by atoms with Gasteiger partial charge in [-0.2, -0.15) is 0 Å². The molecule has 1 aromatic heterocycles. The molecule has 0 spiro atoms. The van der Waals surface area contributed by atoms with Crippen molar-refractivity contribution in [2.45, 2.75) is 37.8 Å². The van der Waals surface area contributed by atoms with Crippen LogP contribution in [0.2, 0.25) is 0 Å². The third-order valence-corrected chi connectivity index (χ3v) is 3.23. The topological polar surface area (TPSA) is 126 Å². The van der Waals surface area contributed by atoms with Crippen LogP contribution in [0.3, 0.4) is 0 Å². The Morgan fingerprint density at radius 3 is 2.68 bits per heavy atom. The average Bonchev–Trinajstić information content (AvgIpc) is 2.41. The Labute approximate surface area is 110 Å². The molecule has 2 rings (SSSR count). The number of nitro groups is 1. The zero-order chi connectivity index (χ0) is 13.8. The fraction of sp³-hybridized carbons (Fsp3) is 0.545. The first kappa shape index (κ1) is 13.5. The van der Waals surface area contributed by atoms with Crippen LogP contribution in [-0.2, 0) is 0 Å². The predicted molar refractivity (Wildman–Crippen MR) is 70.6 cm³/mol. The molecule has 1 fully saturated rings. The Morgan fingerprint density at radius 1 is 1.37 bits per heavy atom. The molecular weight excluding hydrogens is 250 g/mol. The number of nitrogens with one attached hydrogen (secondary N) is 2. The normalized spacial score (nSPS) is 22.8. The van der Waals surface area contributed by atoms with Gasteiger partial charge in [-0.25, -0.2) is 10.8 Å². The van der Waals surface area contributed by atoms with Crippen molar-refractivity contribution in [2.75, 3.05) is 10.7 Å². The first-order valence-electron chi connectivity index (χ1n) is 6.18. The molecule has 0 aromatic carbocycles. The summed E-state index contributed by atoms with van der Waals surface area (Å²) in [7, 11) is 0. The SMILES string of the molecule is NNc1cc([N+](=O)[O-])cc(NC2CCCCC2O)n1. The van der Waals surface area contributed by atoms with E-state index in [1.165, 1.54) is 12.1 Å². The largest absolute Gasteiger partial charge is 0.391 e. The first-order chi connectivity index (χ1) is 9.10. The van der Waals surface area contributed by atoms with E-state index in [1.54, 1.807) is 0 Å². The summed E-state index contributed by atoms with van der Waals surface area (Å²) in [6.07, 6.45) is 3.11. The molecule has 8 nitrogen and oxygen atoms in total. The van der Waals surface area contributed by atoms with E-state index in [0.29, 0.717) is 5.82 Å². The summed E-state index contributed by atoms with van der Waals surface area (Å²) in [5, 5.41) is 23.7. The van der Waals surface area contributed by atoms with E-state index in [0.717, 1.165) is 25.7 Å². The number of aromatic nitrogens is 1. The van der Waals surface area contributed by atoms with E-state index in [9.17, 15) is 15.2 Å². The van der Waals surface area contributed by atoms with Crippen molar-refractivity contribution in [3.05, 3.63) is 22.2 Å². The van der Waals surface area contributed by atoms with Crippen molar-refractivity contribution >= 4 is 17.3 Å². The van der Waals surface area contributed by atoms with E-state index in [2.05, 4.69) is 15.7 Å². The van der Waals surface area contributed by atoms with Crippen molar-refractivity contribution < 1.29 is 10.0 Å². The molecule has 1 saturated carbocycles. The molecule has 0 saturated heterocycles. The summed E-state index contributed by atoms with van der Waals surface area (Å²) in [4.78, 5) is 14.4. The van der Waals surface area contributed by atoms with Crippen LogP contribution in [0.25, 0.3) is 0 Å². The van der Waals surface area contributed by atoms with Crippen LogP contribution in [0.15, 0.2) is 12.1 Å². The molecule has 1 heterocycles.